The standard InChI is InChI=1S/C26H33F3N4O2/c1-20(2)18-33(25(35)30-23-10-8-22(9-11-23)26(27,28)29)13-12-24(34)32-16-14-31(15-17-32)19-21-6-4-3-5-7-21/h3-11,20H,12-19H2,1-2H3,(H,30,35). The fourth-order valence-corrected chi connectivity index (χ4v) is 4.05. The summed E-state index contributed by atoms with van der Waals surface area (Å²) in [5.74, 6) is 0.172. The van der Waals surface area contributed by atoms with E-state index in [2.05, 4.69) is 22.3 Å². The molecule has 0 atom stereocenters. The molecule has 2 aromatic carbocycles. The van der Waals surface area contributed by atoms with Crippen LogP contribution in [0, 0.1) is 5.92 Å². The predicted molar refractivity (Wildman–Crippen MR) is 130 cm³/mol. The Morgan fingerprint density at radius 1 is 0.971 bits per heavy atom. The van der Waals surface area contributed by atoms with Gasteiger partial charge in [0.1, 0.15) is 0 Å². The third kappa shape index (κ3) is 8.28. The van der Waals surface area contributed by atoms with Crippen molar-refractivity contribution in [1.82, 2.24) is 14.7 Å². The average Bonchev–Trinajstić information content (AvgIpc) is 2.82. The number of nitrogens with zero attached hydrogens (tertiary/aromatic N) is 3. The summed E-state index contributed by atoms with van der Waals surface area (Å²) in [6, 6.07) is 14.1. The maximum Gasteiger partial charge on any atom is 0.416 e. The first-order chi connectivity index (χ1) is 16.6. The molecule has 0 saturated carbocycles. The molecule has 0 aromatic heterocycles. The van der Waals surface area contributed by atoms with E-state index in [9.17, 15) is 22.8 Å². The first-order valence-corrected chi connectivity index (χ1v) is 11.9. The number of amides is 3. The Bertz CT molecular complexity index is 957. The van der Waals surface area contributed by atoms with Gasteiger partial charge in [-0.15, -0.1) is 0 Å². The fraction of sp³-hybridized carbons (Fsp3) is 0.462. The topological polar surface area (TPSA) is 55.9 Å². The molecule has 9 heteroatoms. The van der Waals surface area contributed by atoms with Crippen LogP contribution in [0.3, 0.4) is 0 Å². The number of carbonyl (C=O) groups is 2. The smallest absolute Gasteiger partial charge is 0.340 e. The number of nitrogens with one attached hydrogen (secondary N) is 1. The number of alkyl halides is 3. The van der Waals surface area contributed by atoms with Gasteiger partial charge in [-0.1, -0.05) is 44.2 Å². The molecular formula is C26H33F3N4O2. The number of hydrogen-bond acceptors (Lipinski definition) is 3. The van der Waals surface area contributed by atoms with Crippen LogP contribution in [0.25, 0.3) is 0 Å². The Morgan fingerprint density at radius 3 is 2.17 bits per heavy atom. The molecule has 0 radical (unpaired) electrons. The lowest BCUT2D eigenvalue weighted by atomic mass is 10.2. The second kappa shape index (κ2) is 12.1. The van der Waals surface area contributed by atoms with Gasteiger partial charge in [-0.05, 0) is 35.7 Å². The molecule has 0 aliphatic carbocycles. The molecule has 2 aromatic rings. The predicted octanol–water partition coefficient (Wildman–Crippen LogP) is 4.93. The van der Waals surface area contributed by atoms with Gasteiger partial charge in [-0.25, -0.2) is 4.79 Å². The minimum Gasteiger partial charge on any atom is -0.340 e. The summed E-state index contributed by atoms with van der Waals surface area (Å²) in [7, 11) is 0. The molecule has 190 valence electrons. The summed E-state index contributed by atoms with van der Waals surface area (Å²) in [5, 5.41) is 2.65. The van der Waals surface area contributed by atoms with E-state index in [1.807, 2.05) is 36.9 Å². The molecule has 0 unspecified atom stereocenters. The first kappa shape index (κ1) is 26.5. The third-order valence-electron chi connectivity index (χ3n) is 5.91. The van der Waals surface area contributed by atoms with E-state index in [0.29, 0.717) is 19.6 Å². The van der Waals surface area contributed by atoms with Gasteiger partial charge in [0.2, 0.25) is 5.91 Å². The van der Waals surface area contributed by atoms with Gasteiger partial charge in [-0.3, -0.25) is 9.69 Å². The van der Waals surface area contributed by atoms with E-state index in [4.69, 9.17) is 0 Å². The molecule has 1 heterocycles. The molecule has 6 nitrogen and oxygen atoms in total. The fourth-order valence-electron chi connectivity index (χ4n) is 4.05. The zero-order valence-electron chi connectivity index (χ0n) is 20.2. The van der Waals surface area contributed by atoms with Gasteiger partial charge >= 0.3 is 12.2 Å². The van der Waals surface area contributed by atoms with Gasteiger partial charge in [0.15, 0.2) is 0 Å². The van der Waals surface area contributed by atoms with Crippen molar-refractivity contribution in [1.29, 1.82) is 0 Å². The van der Waals surface area contributed by atoms with Crippen molar-refractivity contribution >= 4 is 17.6 Å². The monoisotopic (exact) mass is 490 g/mol. The highest BCUT2D eigenvalue weighted by Crippen LogP contribution is 2.29. The Morgan fingerprint density at radius 2 is 1.60 bits per heavy atom. The van der Waals surface area contributed by atoms with Crippen LogP contribution in [0.15, 0.2) is 54.6 Å². The molecule has 0 spiro atoms. The summed E-state index contributed by atoms with van der Waals surface area (Å²) in [4.78, 5) is 31.3. The van der Waals surface area contributed by atoms with Crippen LogP contribution in [-0.4, -0.2) is 65.9 Å². The van der Waals surface area contributed by atoms with E-state index in [1.165, 1.54) is 17.7 Å². The number of anilines is 1. The number of piperazine rings is 1. The Labute approximate surface area is 204 Å². The lowest BCUT2D eigenvalue weighted by Gasteiger charge is -2.35. The van der Waals surface area contributed by atoms with Crippen molar-refractivity contribution in [2.75, 3.05) is 44.6 Å². The highest BCUT2D eigenvalue weighted by atomic mass is 19.4. The maximum atomic E-state index is 12.8. The Kier molecular flexibility index (Phi) is 9.14. The summed E-state index contributed by atoms with van der Waals surface area (Å²) < 4.78 is 38.3. The minimum absolute atomic E-state index is 0.000414. The molecule has 35 heavy (non-hydrogen) atoms. The van der Waals surface area contributed by atoms with Gasteiger partial charge in [0.25, 0.3) is 0 Å². The van der Waals surface area contributed by atoms with E-state index >= 15 is 0 Å². The summed E-state index contributed by atoms with van der Waals surface area (Å²) >= 11 is 0. The van der Waals surface area contributed by atoms with Gasteiger partial charge < -0.3 is 15.1 Å². The largest absolute Gasteiger partial charge is 0.416 e. The Hall–Kier alpha value is -3.07. The van der Waals surface area contributed by atoms with E-state index in [1.54, 1.807) is 4.90 Å². The van der Waals surface area contributed by atoms with Crippen molar-refractivity contribution < 1.29 is 22.8 Å². The first-order valence-electron chi connectivity index (χ1n) is 11.9. The lowest BCUT2D eigenvalue weighted by molar-refractivity contribution is -0.137. The second-order valence-electron chi connectivity index (χ2n) is 9.24. The quantitative estimate of drug-likeness (QED) is 0.571. The number of urea groups is 1. The van der Waals surface area contributed by atoms with E-state index in [0.717, 1.165) is 31.8 Å². The molecule has 1 aliphatic heterocycles. The zero-order valence-corrected chi connectivity index (χ0v) is 20.2. The van der Waals surface area contributed by atoms with Crippen molar-refractivity contribution in [2.45, 2.75) is 33.0 Å². The minimum atomic E-state index is -4.43. The van der Waals surface area contributed by atoms with Crippen LogP contribution < -0.4 is 5.32 Å². The molecule has 1 saturated heterocycles. The lowest BCUT2D eigenvalue weighted by Crippen LogP contribution is -2.49. The van der Waals surface area contributed by atoms with Gasteiger partial charge in [0.05, 0.1) is 5.56 Å². The molecule has 0 bridgehead atoms. The molecule has 1 N–H and O–H groups in total. The van der Waals surface area contributed by atoms with Gasteiger partial charge in [-0.2, -0.15) is 13.2 Å². The Balaban J connectivity index is 1.49. The normalized spacial score (nSPS) is 14.7. The van der Waals surface area contributed by atoms with Gasteiger partial charge in [0, 0.05) is 57.9 Å². The van der Waals surface area contributed by atoms with Crippen LogP contribution in [0.4, 0.5) is 23.7 Å². The third-order valence-corrected chi connectivity index (χ3v) is 5.91. The second-order valence-corrected chi connectivity index (χ2v) is 9.24. The van der Waals surface area contributed by atoms with Crippen LogP contribution in [0.2, 0.25) is 0 Å². The number of benzene rings is 2. The summed E-state index contributed by atoms with van der Waals surface area (Å²) in [5.41, 5.74) is 0.747. The number of carbonyl (C=O) groups excluding carboxylic acids is 2. The highest BCUT2D eigenvalue weighted by molar-refractivity contribution is 5.89. The van der Waals surface area contributed by atoms with Crippen LogP contribution in [0.1, 0.15) is 31.4 Å². The zero-order chi connectivity index (χ0) is 25.4. The van der Waals surface area contributed by atoms with Crippen LogP contribution >= 0.6 is 0 Å². The van der Waals surface area contributed by atoms with Crippen molar-refractivity contribution in [3.05, 3.63) is 65.7 Å². The molecule has 3 amide bonds. The van der Waals surface area contributed by atoms with E-state index < -0.39 is 17.8 Å². The molecule has 1 fully saturated rings. The summed E-state index contributed by atoms with van der Waals surface area (Å²) in [6.07, 6.45) is -4.23. The molecular weight excluding hydrogens is 457 g/mol. The SMILES string of the molecule is CC(C)CN(CCC(=O)N1CCN(Cc2ccccc2)CC1)C(=O)Nc1ccc(C(F)(F)F)cc1. The van der Waals surface area contributed by atoms with Crippen molar-refractivity contribution in [3.8, 4) is 0 Å². The molecule has 3 rings (SSSR count). The maximum absolute atomic E-state index is 12.8. The van der Waals surface area contributed by atoms with Crippen molar-refractivity contribution in [3.63, 3.8) is 0 Å². The van der Waals surface area contributed by atoms with Crippen molar-refractivity contribution in [2.24, 2.45) is 5.92 Å². The van der Waals surface area contributed by atoms with Crippen LogP contribution in [0.5, 0.6) is 0 Å². The number of hydrogen-bond donors (Lipinski definition) is 1. The molecule has 1 aliphatic rings. The average molecular weight is 491 g/mol. The number of halogens is 3. The van der Waals surface area contributed by atoms with E-state index in [-0.39, 0.29) is 30.5 Å². The highest BCUT2D eigenvalue weighted by Gasteiger charge is 2.30. The van der Waals surface area contributed by atoms with Crippen LogP contribution in [-0.2, 0) is 17.5 Å². The summed E-state index contributed by atoms with van der Waals surface area (Å²) in [6.45, 7) is 8.35. The number of rotatable bonds is 8.